The minimum absolute atomic E-state index is 0.0384. The number of nitrogens with one attached hydrogen (secondary N) is 1. The smallest absolute Gasteiger partial charge is 0.145 e. The predicted molar refractivity (Wildman–Crippen MR) is 80.6 cm³/mol. The number of likely N-dealkylation sites (N-methyl/N-ethyl adjacent to an activating group) is 1. The summed E-state index contributed by atoms with van der Waals surface area (Å²) in [6.45, 7) is 4.03. The fourth-order valence-corrected chi connectivity index (χ4v) is 2.55. The van der Waals surface area contributed by atoms with Crippen molar-refractivity contribution in [1.82, 2.24) is 10.3 Å². The molecule has 20 heavy (non-hydrogen) atoms. The SMILES string of the molecule is CNC(Cc1cccc(Cl)c1F)c1ncc(C)cc1C. The summed E-state index contributed by atoms with van der Waals surface area (Å²) in [5.74, 6) is -0.348. The van der Waals surface area contributed by atoms with E-state index in [-0.39, 0.29) is 16.9 Å². The number of aryl methyl sites for hydroxylation is 2. The number of benzene rings is 1. The molecule has 0 aliphatic rings. The van der Waals surface area contributed by atoms with Crippen molar-refractivity contribution in [3.05, 3.63) is 63.7 Å². The summed E-state index contributed by atoms with van der Waals surface area (Å²) in [5.41, 5.74) is 3.76. The van der Waals surface area contributed by atoms with Crippen molar-refractivity contribution in [2.24, 2.45) is 0 Å². The van der Waals surface area contributed by atoms with E-state index >= 15 is 0 Å². The van der Waals surface area contributed by atoms with E-state index in [0.717, 1.165) is 16.8 Å². The van der Waals surface area contributed by atoms with Crippen molar-refractivity contribution in [3.63, 3.8) is 0 Å². The maximum atomic E-state index is 14.0. The minimum Gasteiger partial charge on any atom is -0.311 e. The zero-order chi connectivity index (χ0) is 14.7. The molecule has 0 saturated heterocycles. The van der Waals surface area contributed by atoms with Gasteiger partial charge in [0, 0.05) is 6.20 Å². The molecule has 2 rings (SSSR count). The van der Waals surface area contributed by atoms with Gasteiger partial charge < -0.3 is 5.32 Å². The zero-order valence-electron chi connectivity index (χ0n) is 11.9. The number of hydrogen-bond donors (Lipinski definition) is 1. The zero-order valence-corrected chi connectivity index (χ0v) is 12.6. The fraction of sp³-hybridized carbons (Fsp3) is 0.312. The molecule has 1 unspecified atom stereocenters. The second-order valence-electron chi connectivity index (χ2n) is 4.97. The highest BCUT2D eigenvalue weighted by Gasteiger charge is 2.17. The lowest BCUT2D eigenvalue weighted by Gasteiger charge is -2.18. The van der Waals surface area contributed by atoms with Gasteiger partial charge in [-0.15, -0.1) is 0 Å². The third-order valence-electron chi connectivity index (χ3n) is 3.39. The third-order valence-corrected chi connectivity index (χ3v) is 3.68. The summed E-state index contributed by atoms with van der Waals surface area (Å²) >= 11 is 5.83. The number of rotatable bonds is 4. The summed E-state index contributed by atoms with van der Waals surface area (Å²) in [4.78, 5) is 4.48. The lowest BCUT2D eigenvalue weighted by atomic mass is 9.99. The lowest BCUT2D eigenvalue weighted by molar-refractivity contribution is 0.542. The molecular weight excluding hydrogens is 275 g/mol. The highest BCUT2D eigenvalue weighted by atomic mass is 35.5. The molecule has 1 aromatic heterocycles. The van der Waals surface area contributed by atoms with Crippen molar-refractivity contribution in [2.75, 3.05) is 7.05 Å². The van der Waals surface area contributed by atoms with Crippen LogP contribution in [0.2, 0.25) is 5.02 Å². The molecule has 0 aliphatic heterocycles. The van der Waals surface area contributed by atoms with Gasteiger partial charge in [0.2, 0.25) is 0 Å². The van der Waals surface area contributed by atoms with E-state index in [4.69, 9.17) is 11.6 Å². The maximum Gasteiger partial charge on any atom is 0.145 e. The summed E-state index contributed by atoms with van der Waals surface area (Å²) in [5, 5.41) is 3.36. The second kappa shape index (κ2) is 6.33. The molecular formula is C16H18ClFN2. The number of halogens is 2. The molecule has 0 spiro atoms. The van der Waals surface area contributed by atoms with Gasteiger partial charge in [-0.05, 0) is 50.1 Å². The van der Waals surface area contributed by atoms with Crippen LogP contribution >= 0.6 is 11.6 Å². The van der Waals surface area contributed by atoms with Crippen LogP contribution in [0.5, 0.6) is 0 Å². The molecule has 0 bridgehead atoms. The number of nitrogens with zero attached hydrogens (tertiary/aromatic N) is 1. The lowest BCUT2D eigenvalue weighted by Crippen LogP contribution is -2.21. The van der Waals surface area contributed by atoms with Gasteiger partial charge in [0.25, 0.3) is 0 Å². The average Bonchev–Trinajstić information content (AvgIpc) is 2.41. The molecule has 1 heterocycles. The van der Waals surface area contributed by atoms with Gasteiger partial charge in [-0.2, -0.15) is 0 Å². The maximum absolute atomic E-state index is 14.0. The van der Waals surface area contributed by atoms with E-state index in [1.807, 2.05) is 27.1 Å². The minimum atomic E-state index is -0.348. The second-order valence-corrected chi connectivity index (χ2v) is 5.38. The van der Waals surface area contributed by atoms with Crippen LogP contribution in [0, 0.1) is 19.7 Å². The van der Waals surface area contributed by atoms with Gasteiger partial charge in [-0.1, -0.05) is 29.8 Å². The average molecular weight is 293 g/mol. The Bertz CT molecular complexity index is 613. The first-order valence-corrected chi connectivity index (χ1v) is 6.94. The Morgan fingerprint density at radius 1 is 1.35 bits per heavy atom. The third kappa shape index (κ3) is 3.17. The Balaban J connectivity index is 2.31. The Labute approximate surface area is 124 Å². The molecule has 1 atom stereocenters. The molecule has 106 valence electrons. The summed E-state index contributed by atoms with van der Waals surface area (Å²) in [6, 6.07) is 7.13. The molecule has 2 aromatic rings. The van der Waals surface area contributed by atoms with Gasteiger partial charge in [0.15, 0.2) is 0 Å². The van der Waals surface area contributed by atoms with Crippen LogP contribution in [0.25, 0.3) is 0 Å². The monoisotopic (exact) mass is 292 g/mol. The van der Waals surface area contributed by atoms with Crippen LogP contribution < -0.4 is 5.32 Å². The number of pyridine rings is 1. The normalized spacial score (nSPS) is 12.4. The van der Waals surface area contributed by atoms with Crippen LogP contribution in [-0.4, -0.2) is 12.0 Å². The highest BCUT2D eigenvalue weighted by molar-refractivity contribution is 6.30. The topological polar surface area (TPSA) is 24.9 Å². The van der Waals surface area contributed by atoms with Gasteiger partial charge in [-0.3, -0.25) is 4.98 Å². The summed E-state index contributed by atoms with van der Waals surface area (Å²) in [6.07, 6.45) is 2.35. The van der Waals surface area contributed by atoms with E-state index in [2.05, 4.69) is 16.4 Å². The van der Waals surface area contributed by atoms with Crippen molar-refractivity contribution < 1.29 is 4.39 Å². The molecule has 0 amide bonds. The molecule has 2 nitrogen and oxygen atoms in total. The van der Waals surface area contributed by atoms with E-state index in [0.29, 0.717) is 12.0 Å². The standard InChI is InChI=1S/C16H18ClFN2/c1-10-7-11(2)16(20-9-10)14(19-3)8-12-5-4-6-13(17)15(12)18/h4-7,9,14,19H,8H2,1-3H3. The van der Waals surface area contributed by atoms with E-state index in [1.165, 1.54) is 0 Å². The van der Waals surface area contributed by atoms with Crippen molar-refractivity contribution in [2.45, 2.75) is 26.3 Å². The van der Waals surface area contributed by atoms with Crippen molar-refractivity contribution in [3.8, 4) is 0 Å². The molecule has 1 N–H and O–H groups in total. The molecule has 0 fully saturated rings. The summed E-state index contributed by atoms with van der Waals surface area (Å²) < 4.78 is 14.0. The molecule has 0 radical (unpaired) electrons. The molecule has 1 aromatic carbocycles. The largest absolute Gasteiger partial charge is 0.311 e. The van der Waals surface area contributed by atoms with E-state index in [9.17, 15) is 4.39 Å². The van der Waals surface area contributed by atoms with Crippen LogP contribution in [0.3, 0.4) is 0 Å². The van der Waals surface area contributed by atoms with E-state index in [1.54, 1.807) is 18.2 Å². The Hall–Kier alpha value is -1.45. The molecule has 4 heteroatoms. The first-order valence-electron chi connectivity index (χ1n) is 6.56. The fourth-order valence-electron chi connectivity index (χ4n) is 2.35. The first-order chi connectivity index (χ1) is 9.52. The Morgan fingerprint density at radius 3 is 2.75 bits per heavy atom. The van der Waals surface area contributed by atoms with Crippen molar-refractivity contribution in [1.29, 1.82) is 0 Å². The highest BCUT2D eigenvalue weighted by Crippen LogP contribution is 2.24. The first kappa shape index (κ1) is 14.9. The van der Waals surface area contributed by atoms with Crippen LogP contribution in [0.15, 0.2) is 30.5 Å². The van der Waals surface area contributed by atoms with Crippen molar-refractivity contribution >= 4 is 11.6 Å². The van der Waals surface area contributed by atoms with Gasteiger partial charge in [0.05, 0.1) is 16.8 Å². The number of aromatic nitrogens is 1. The van der Waals surface area contributed by atoms with Crippen LogP contribution in [-0.2, 0) is 6.42 Å². The summed E-state index contributed by atoms with van der Waals surface area (Å²) in [7, 11) is 1.86. The van der Waals surface area contributed by atoms with Gasteiger partial charge in [-0.25, -0.2) is 4.39 Å². The predicted octanol–water partition coefficient (Wildman–Crippen LogP) is 3.99. The van der Waals surface area contributed by atoms with Crippen LogP contribution in [0.1, 0.15) is 28.4 Å². The number of hydrogen-bond acceptors (Lipinski definition) is 2. The Kier molecular flexibility index (Phi) is 4.73. The molecule has 0 aliphatic carbocycles. The quantitative estimate of drug-likeness (QED) is 0.921. The van der Waals surface area contributed by atoms with Gasteiger partial charge in [0.1, 0.15) is 5.82 Å². The molecule has 0 saturated carbocycles. The Morgan fingerprint density at radius 2 is 2.10 bits per heavy atom. The van der Waals surface area contributed by atoms with Gasteiger partial charge >= 0.3 is 0 Å². The van der Waals surface area contributed by atoms with Crippen LogP contribution in [0.4, 0.5) is 4.39 Å². The van der Waals surface area contributed by atoms with E-state index < -0.39 is 0 Å².